The number of ether oxygens (including phenoxy) is 1. The highest BCUT2D eigenvalue weighted by Gasteiger charge is 2.40. The molecule has 0 saturated carbocycles. The average molecular weight is 426 g/mol. The van der Waals surface area contributed by atoms with Crippen LogP contribution in [0.2, 0.25) is 0 Å². The number of rotatable bonds is 3. The topological polar surface area (TPSA) is 9.23 Å². The van der Waals surface area contributed by atoms with Gasteiger partial charge in [0.05, 0.1) is 0 Å². The number of benzene rings is 3. The van der Waals surface area contributed by atoms with Crippen molar-refractivity contribution < 1.29 is 4.74 Å². The molecule has 3 aromatic carbocycles. The Kier molecular flexibility index (Phi) is 3.29. The fourth-order valence-electron chi connectivity index (χ4n) is 2.46. The van der Waals surface area contributed by atoms with Crippen molar-refractivity contribution in [1.29, 1.82) is 0 Å². The lowest BCUT2D eigenvalue weighted by atomic mass is 10.0. The van der Waals surface area contributed by atoms with E-state index >= 15 is 0 Å². The Labute approximate surface area is 143 Å². The van der Waals surface area contributed by atoms with Crippen molar-refractivity contribution in [2.24, 2.45) is 0 Å². The molecule has 3 aromatic rings. The second-order valence-electron chi connectivity index (χ2n) is 8.23. The van der Waals surface area contributed by atoms with Crippen LogP contribution in [0.15, 0.2) is 54.6 Å². The quantitative estimate of drug-likeness (QED) is 0.365. The Morgan fingerprint density at radius 2 is 1.36 bits per heavy atom. The van der Waals surface area contributed by atoms with E-state index in [9.17, 15) is 0 Å². The van der Waals surface area contributed by atoms with Gasteiger partial charge < -0.3 is 4.74 Å². The molecular weight excluding hydrogens is 403 g/mol. The van der Waals surface area contributed by atoms with E-state index in [1.54, 1.807) is 0 Å². The van der Waals surface area contributed by atoms with E-state index < -0.39 is 5.47 Å². The lowest BCUT2D eigenvalue weighted by Gasteiger charge is -2.62. The van der Waals surface area contributed by atoms with Gasteiger partial charge in [-0.25, -0.2) is 5.47 Å². The molecule has 0 saturated heterocycles. The lowest BCUT2D eigenvalue weighted by Crippen LogP contribution is -2.30. The van der Waals surface area contributed by atoms with Crippen molar-refractivity contribution in [3.8, 4) is 5.75 Å². The van der Waals surface area contributed by atoms with Gasteiger partial charge in [0.1, 0.15) is 11.7 Å². The third-order valence-corrected chi connectivity index (χ3v) is 5.37. The van der Waals surface area contributed by atoms with Crippen molar-refractivity contribution in [3.63, 3.8) is 0 Å². The largest absolute Gasteiger partial charge is 0.484 e. The molecule has 3 rings (SSSR count). The zero-order chi connectivity index (χ0) is 16.1. The van der Waals surface area contributed by atoms with Crippen LogP contribution in [0.3, 0.4) is 0 Å². The predicted molar refractivity (Wildman–Crippen MR) is 112 cm³/mol. The first-order chi connectivity index (χ1) is 10.0. The van der Waals surface area contributed by atoms with Gasteiger partial charge >= 0.3 is 0 Å². The monoisotopic (exact) mass is 426 g/mol. The van der Waals surface area contributed by atoms with E-state index in [0.717, 1.165) is 11.7 Å². The molecule has 0 radical (unpaired) electrons. The molecule has 0 aromatic heterocycles. The highest BCUT2D eigenvalue weighted by atomic mass is 127. The summed E-state index contributed by atoms with van der Waals surface area (Å²) in [5, 5.41) is 4.97. The molecule has 0 spiro atoms. The zero-order valence-electron chi connectivity index (χ0n) is 13.6. The van der Waals surface area contributed by atoms with Crippen LogP contribution in [0.4, 0.5) is 0 Å². The number of fused-ring (bicyclic) bond motifs is 3. The van der Waals surface area contributed by atoms with E-state index in [4.69, 9.17) is 4.74 Å². The number of hydrogen-bond acceptors (Lipinski definition) is 1. The van der Waals surface area contributed by atoms with Gasteiger partial charge in [-0.2, -0.15) is 0 Å². The first-order valence-electron chi connectivity index (χ1n) is 7.30. The second-order valence-corrected chi connectivity index (χ2v) is 29.6. The van der Waals surface area contributed by atoms with Crippen molar-refractivity contribution >= 4 is 48.2 Å². The van der Waals surface area contributed by atoms with Crippen molar-refractivity contribution in [2.75, 3.05) is 31.0 Å². The van der Waals surface area contributed by atoms with Gasteiger partial charge in [0.2, 0.25) is 0 Å². The standard InChI is InChI=1S/C19H23IOS/c1-22(2,3,4,20)14-21-19-13-15-9-5-6-10-16(15)17-11-7-8-12-18(17)19/h5-13H,14H2,1-4H3. The second kappa shape index (κ2) is 4.54. The predicted octanol–water partition coefficient (Wildman–Crippen LogP) is 6.07. The van der Waals surface area contributed by atoms with Gasteiger partial charge in [0.15, 0.2) is 0 Å². The molecule has 22 heavy (non-hydrogen) atoms. The minimum absolute atomic E-state index is 0.753. The maximum absolute atomic E-state index is 6.34. The SMILES string of the molecule is CS(C)(C)(C)(I)COc1cc2ccccc2c2ccccc12. The van der Waals surface area contributed by atoms with E-state index in [1.165, 1.54) is 21.5 Å². The zero-order valence-corrected chi connectivity index (χ0v) is 16.6. The van der Waals surface area contributed by atoms with E-state index in [1.807, 2.05) is 0 Å². The van der Waals surface area contributed by atoms with Crippen LogP contribution in [-0.4, -0.2) is 31.0 Å². The molecule has 0 aliphatic rings. The Bertz CT molecular complexity index is 863. The molecule has 1 nitrogen and oxygen atoms in total. The Morgan fingerprint density at radius 3 is 2.00 bits per heavy atom. The summed E-state index contributed by atoms with van der Waals surface area (Å²) in [5.41, 5.74) is -2.15. The van der Waals surface area contributed by atoms with E-state index in [-0.39, 0.29) is 0 Å². The third-order valence-electron chi connectivity index (χ3n) is 3.46. The molecule has 0 fully saturated rings. The molecule has 0 unspecified atom stereocenters. The summed E-state index contributed by atoms with van der Waals surface area (Å²) < 4.78 is 6.34. The molecule has 3 heteroatoms. The van der Waals surface area contributed by atoms with E-state index in [0.29, 0.717) is 0 Å². The maximum atomic E-state index is 6.34. The van der Waals surface area contributed by atoms with Gasteiger partial charge in [-0.1, -0.05) is 48.5 Å². The molecule has 0 bridgehead atoms. The summed E-state index contributed by atoms with van der Waals surface area (Å²) in [6.07, 6.45) is 9.35. The Morgan fingerprint density at radius 1 is 0.818 bits per heavy atom. The van der Waals surface area contributed by atoms with Crippen LogP contribution in [0.1, 0.15) is 0 Å². The third kappa shape index (κ3) is 3.69. The summed E-state index contributed by atoms with van der Waals surface area (Å²) in [7, 11) is 0. The normalized spacial score (nSPS) is 15.5. The molecular formula is C19H23IOS. The lowest BCUT2D eigenvalue weighted by molar-refractivity contribution is 0.393. The molecule has 0 aliphatic heterocycles. The maximum Gasteiger partial charge on any atom is 0.128 e. The highest BCUT2D eigenvalue weighted by Crippen LogP contribution is 2.85. The first-order valence-corrected chi connectivity index (χ1v) is 14.1. The summed E-state index contributed by atoms with van der Waals surface area (Å²) in [5.74, 6) is 1.74. The van der Waals surface area contributed by atoms with Crippen LogP contribution < -0.4 is 4.74 Å². The van der Waals surface area contributed by atoms with Crippen LogP contribution in [0, 0.1) is 0 Å². The van der Waals surface area contributed by atoms with Gasteiger partial charge in [0.25, 0.3) is 0 Å². The van der Waals surface area contributed by atoms with Crippen LogP contribution in [-0.2, 0) is 0 Å². The van der Waals surface area contributed by atoms with Crippen molar-refractivity contribution in [2.45, 2.75) is 0 Å². The summed E-state index contributed by atoms with van der Waals surface area (Å²) >= 11 is 2.61. The fraction of sp³-hybridized carbons (Fsp3) is 0.263. The van der Waals surface area contributed by atoms with Crippen LogP contribution in [0.25, 0.3) is 21.5 Å². The summed E-state index contributed by atoms with van der Waals surface area (Å²) in [6.45, 7) is 0. The summed E-state index contributed by atoms with van der Waals surface area (Å²) in [6, 6.07) is 19.2. The molecule has 0 aliphatic carbocycles. The first kappa shape index (κ1) is 15.9. The Balaban J connectivity index is 2.17. The minimum atomic E-state index is -2.15. The molecule has 0 heterocycles. The van der Waals surface area contributed by atoms with Gasteiger partial charge in [-0.3, -0.25) is 0 Å². The Hall–Kier alpha value is -0.940. The number of halogens is 1. The van der Waals surface area contributed by atoms with Crippen molar-refractivity contribution in [1.82, 2.24) is 0 Å². The molecule has 0 N–H and O–H groups in total. The molecule has 0 amide bonds. The van der Waals surface area contributed by atoms with E-state index in [2.05, 4.69) is 101 Å². The summed E-state index contributed by atoms with van der Waals surface area (Å²) in [4.78, 5) is 0. The number of hydrogen-bond donors (Lipinski definition) is 0. The van der Waals surface area contributed by atoms with Gasteiger partial charge in [0, 0.05) is 5.39 Å². The molecule has 118 valence electrons. The van der Waals surface area contributed by atoms with Gasteiger partial charge in [-0.15, -0.1) is 0 Å². The minimum Gasteiger partial charge on any atom is -0.484 e. The van der Waals surface area contributed by atoms with Crippen LogP contribution in [0.5, 0.6) is 5.75 Å². The fourth-order valence-corrected chi connectivity index (χ4v) is 3.49. The molecule has 0 atom stereocenters. The highest BCUT2D eigenvalue weighted by molar-refractivity contribution is 14.2. The smallest absolute Gasteiger partial charge is 0.128 e. The van der Waals surface area contributed by atoms with Crippen molar-refractivity contribution in [3.05, 3.63) is 54.6 Å². The van der Waals surface area contributed by atoms with Gasteiger partial charge in [-0.05, 0) is 68.5 Å². The van der Waals surface area contributed by atoms with Crippen LogP contribution >= 0.6 is 26.7 Å². The average Bonchev–Trinajstić information content (AvgIpc) is 2.43.